The Bertz CT molecular complexity index is 838. The molecule has 1 aromatic heterocycles. The van der Waals surface area contributed by atoms with Gasteiger partial charge in [0.15, 0.2) is 13.0 Å². The molecule has 2 aliphatic rings. The van der Waals surface area contributed by atoms with Crippen molar-refractivity contribution in [3.8, 4) is 0 Å². The van der Waals surface area contributed by atoms with Gasteiger partial charge in [0.25, 0.3) is 0 Å². The summed E-state index contributed by atoms with van der Waals surface area (Å²) in [6, 6.07) is 1.61. The molecule has 7 nitrogen and oxygen atoms in total. The standard InChI is InChI=1S/C17H30N3O4PS3Si/c1-17(2,3)29(4,5)24-12-10-15(20-7-6-14(18)19-16(20)21)23-13(12)11-22-25(26)27-8-9-28-25/h6-7,12-13,15H,8-11H2,1-5H3,(H2,18,19,21)/t12?,13-,15-/m1/s1. The molecule has 3 rings (SSSR count). The molecular weight excluding hydrogens is 465 g/mol. The van der Waals surface area contributed by atoms with Gasteiger partial charge in [-0.15, -0.1) is 0 Å². The van der Waals surface area contributed by atoms with E-state index in [-0.39, 0.29) is 23.1 Å². The van der Waals surface area contributed by atoms with E-state index >= 15 is 0 Å². The molecule has 164 valence electrons. The van der Waals surface area contributed by atoms with E-state index in [0.717, 1.165) is 11.5 Å². The van der Waals surface area contributed by atoms with Gasteiger partial charge in [-0.2, -0.15) is 4.98 Å². The molecule has 0 spiro atoms. The number of nitrogens with zero attached hydrogens (tertiary/aromatic N) is 2. The van der Waals surface area contributed by atoms with Crippen molar-refractivity contribution in [2.75, 3.05) is 23.8 Å². The number of hydrogen-bond acceptors (Lipinski definition) is 9. The van der Waals surface area contributed by atoms with Gasteiger partial charge in [0.2, 0.25) is 0 Å². The number of nitrogen functional groups attached to an aromatic ring is 1. The fraction of sp³-hybridized carbons (Fsp3) is 0.765. The van der Waals surface area contributed by atoms with E-state index in [9.17, 15) is 4.79 Å². The largest absolute Gasteiger partial charge is 0.411 e. The molecule has 2 aliphatic heterocycles. The first kappa shape index (κ1) is 23.8. The van der Waals surface area contributed by atoms with E-state index in [2.05, 4.69) is 38.8 Å². The summed E-state index contributed by atoms with van der Waals surface area (Å²) in [5, 5.41) is 0.0689. The molecule has 2 N–H and O–H groups in total. The molecule has 29 heavy (non-hydrogen) atoms. The fourth-order valence-corrected chi connectivity index (χ4v) is 13.1. The van der Waals surface area contributed by atoms with Crippen LogP contribution in [0.25, 0.3) is 0 Å². The highest BCUT2D eigenvalue weighted by atomic mass is 33.2. The Morgan fingerprint density at radius 2 is 2.07 bits per heavy atom. The molecule has 0 saturated carbocycles. The molecule has 12 heteroatoms. The number of nitrogens with two attached hydrogens (primary N) is 1. The van der Waals surface area contributed by atoms with E-state index in [1.54, 1.807) is 35.0 Å². The molecule has 0 amide bonds. The van der Waals surface area contributed by atoms with Crippen LogP contribution in [-0.2, 0) is 25.5 Å². The van der Waals surface area contributed by atoms with Crippen molar-refractivity contribution in [1.29, 1.82) is 0 Å². The van der Waals surface area contributed by atoms with Crippen LogP contribution in [0.4, 0.5) is 5.82 Å². The van der Waals surface area contributed by atoms with Crippen LogP contribution in [0.5, 0.6) is 0 Å². The van der Waals surface area contributed by atoms with E-state index in [4.69, 9.17) is 31.2 Å². The lowest BCUT2D eigenvalue weighted by Gasteiger charge is -2.39. The van der Waals surface area contributed by atoms with E-state index < -0.39 is 24.9 Å². The Morgan fingerprint density at radius 3 is 2.66 bits per heavy atom. The van der Waals surface area contributed by atoms with Crippen LogP contribution in [0.1, 0.15) is 33.4 Å². The first-order valence-electron chi connectivity index (χ1n) is 9.62. The zero-order valence-corrected chi connectivity index (χ0v) is 21.8. The SMILES string of the molecule is CC(C)(C)[Si](C)(C)OC1C[C@H](n2ccc(N)nc2=O)O[C@@H]1COP1(=S)SCCS1. The minimum Gasteiger partial charge on any atom is -0.411 e. The lowest BCUT2D eigenvalue weighted by molar-refractivity contribution is -0.0365. The highest BCUT2D eigenvalue weighted by molar-refractivity contribution is 9.00. The predicted octanol–water partition coefficient (Wildman–Crippen LogP) is 4.22. The Morgan fingerprint density at radius 1 is 1.41 bits per heavy atom. The second kappa shape index (κ2) is 8.94. The summed E-state index contributed by atoms with van der Waals surface area (Å²) in [6.45, 7) is 11.5. The van der Waals surface area contributed by atoms with Crippen molar-refractivity contribution in [2.45, 2.75) is 63.8 Å². The number of hydrogen-bond donors (Lipinski definition) is 1. The number of anilines is 1. The maximum Gasteiger partial charge on any atom is 0.351 e. The normalized spacial score (nSPS) is 27.4. The summed E-state index contributed by atoms with van der Waals surface area (Å²) in [5.74, 6) is 2.27. The summed E-state index contributed by atoms with van der Waals surface area (Å²) in [7, 11) is -2.03. The predicted molar refractivity (Wildman–Crippen MR) is 129 cm³/mol. The van der Waals surface area contributed by atoms with Crippen LogP contribution >= 0.6 is 27.4 Å². The second-order valence-corrected chi connectivity index (χ2v) is 24.2. The summed E-state index contributed by atoms with van der Waals surface area (Å²) in [6.07, 6.45) is 1.30. The monoisotopic (exact) mass is 495 g/mol. The van der Waals surface area contributed by atoms with Crippen molar-refractivity contribution >= 4 is 53.4 Å². The zero-order chi connectivity index (χ0) is 21.4. The third kappa shape index (κ3) is 5.68. The molecule has 0 aliphatic carbocycles. The minimum atomic E-state index is -2.03. The summed E-state index contributed by atoms with van der Waals surface area (Å²) in [4.78, 5) is 16.1. The van der Waals surface area contributed by atoms with Gasteiger partial charge in [-0.1, -0.05) is 43.5 Å². The molecule has 1 unspecified atom stereocenters. The van der Waals surface area contributed by atoms with Gasteiger partial charge in [-0.3, -0.25) is 4.57 Å². The van der Waals surface area contributed by atoms with Gasteiger partial charge in [0.05, 0.1) is 12.7 Å². The van der Waals surface area contributed by atoms with Crippen LogP contribution < -0.4 is 11.4 Å². The first-order valence-corrected chi connectivity index (χ1v) is 18.4. The second-order valence-electron chi connectivity index (χ2n) is 8.73. The molecule has 1 aromatic rings. The van der Waals surface area contributed by atoms with Gasteiger partial charge in [0.1, 0.15) is 18.1 Å². The minimum absolute atomic E-state index is 0.0689. The Kier molecular flexibility index (Phi) is 7.33. The number of ether oxygens (including phenoxy) is 1. The Hall–Kier alpha value is 0.127. The van der Waals surface area contributed by atoms with Crippen molar-refractivity contribution in [3.05, 3.63) is 22.7 Å². The van der Waals surface area contributed by atoms with Crippen LogP contribution in [0.3, 0.4) is 0 Å². The van der Waals surface area contributed by atoms with Crippen LogP contribution in [-0.4, -0.2) is 48.2 Å². The molecule has 3 heterocycles. The third-order valence-electron chi connectivity index (χ3n) is 5.57. The molecule has 3 atom stereocenters. The molecule has 0 radical (unpaired) electrons. The maximum atomic E-state index is 12.3. The lowest BCUT2D eigenvalue weighted by Crippen LogP contribution is -2.46. The molecular formula is C17H30N3O4PS3Si. The highest BCUT2D eigenvalue weighted by Crippen LogP contribution is 2.74. The van der Waals surface area contributed by atoms with Gasteiger partial charge in [-0.05, 0) is 36.0 Å². The van der Waals surface area contributed by atoms with Gasteiger partial charge in [0, 0.05) is 24.1 Å². The number of aromatic nitrogens is 2. The van der Waals surface area contributed by atoms with Gasteiger partial charge >= 0.3 is 5.69 Å². The Balaban J connectivity index is 1.79. The third-order valence-corrected chi connectivity index (χ3v) is 19.9. The summed E-state index contributed by atoms with van der Waals surface area (Å²) < 4.78 is 18.7. The summed E-state index contributed by atoms with van der Waals surface area (Å²) >= 11 is 9.21. The lowest BCUT2D eigenvalue weighted by atomic mass is 10.2. The van der Waals surface area contributed by atoms with E-state index in [1.165, 1.54) is 4.57 Å². The quantitative estimate of drug-likeness (QED) is 0.460. The number of rotatable bonds is 6. The molecule has 2 saturated heterocycles. The molecule has 2 fully saturated rings. The zero-order valence-electron chi connectivity index (χ0n) is 17.5. The topological polar surface area (TPSA) is 88.6 Å². The van der Waals surface area contributed by atoms with Crippen LogP contribution in [0.2, 0.25) is 18.1 Å². The fourth-order valence-electron chi connectivity index (χ4n) is 2.92. The van der Waals surface area contributed by atoms with Gasteiger partial charge in [-0.25, -0.2) is 4.79 Å². The smallest absolute Gasteiger partial charge is 0.351 e. The molecule has 0 aromatic carbocycles. The Labute approximate surface area is 186 Å². The van der Waals surface area contributed by atoms with Crippen molar-refractivity contribution in [2.24, 2.45) is 0 Å². The van der Waals surface area contributed by atoms with E-state index in [1.807, 2.05) is 0 Å². The highest BCUT2D eigenvalue weighted by Gasteiger charge is 2.46. The van der Waals surface area contributed by atoms with Crippen molar-refractivity contribution < 1.29 is 13.7 Å². The van der Waals surface area contributed by atoms with Crippen LogP contribution in [0, 0.1) is 0 Å². The van der Waals surface area contributed by atoms with Gasteiger partial charge < -0.3 is 19.4 Å². The van der Waals surface area contributed by atoms with E-state index in [0.29, 0.717) is 13.0 Å². The van der Waals surface area contributed by atoms with Crippen molar-refractivity contribution in [3.63, 3.8) is 0 Å². The first-order chi connectivity index (χ1) is 13.4. The maximum absolute atomic E-state index is 12.3. The summed E-state index contributed by atoms with van der Waals surface area (Å²) in [5.41, 5.74) is 5.21. The molecule has 0 bridgehead atoms. The average molecular weight is 496 g/mol. The average Bonchev–Trinajstić information content (AvgIpc) is 3.19. The van der Waals surface area contributed by atoms with Crippen molar-refractivity contribution in [1.82, 2.24) is 9.55 Å². The van der Waals surface area contributed by atoms with Crippen LogP contribution in [0.15, 0.2) is 17.1 Å².